The summed E-state index contributed by atoms with van der Waals surface area (Å²) in [5.41, 5.74) is 9.74. The summed E-state index contributed by atoms with van der Waals surface area (Å²) >= 11 is 0. The van der Waals surface area contributed by atoms with Crippen LogP contribution in [0.25, 0.3) is 22.3 Å². The van der Waals surface area contributed by atoms with E-state index in [9.17, 15) is 23.7 Å². The van der Waals surface area contributed by atoms with E-state index < -0.39 is 10.1 Å². The van der Waals surface area contributed by atoms with Gasteiger partial charge in [0.05, 0.1) is 0 Å². The van der Waals surface area contributed by atoms with Crippen LogP contribution in [0.15, 0.2) is 144 Å². The van der Waals surface area contributed by atoms with Gasteiger partial charge in [0.2, 0.25) is 0 Å². The van der Waals surface area contributed by atoms with E-state index in [0.29, 0.717) is 44.5 Å². The highest BCUT2D eigenvalue weighted by molar-refractivity contribution is 7.87. The fraction of sp³-hybridized carbons (Fsp3) is 0.250. The van der Waals surface area contributed by atoms with Gasteiger partial charge in [0.15, 0.2) is 0 Å². The van der Waals surface area contributed by atoms with Crippen LogP contribution in [0.5, 0.6) is 23.0 Å². The van der Waals surface area contributed by atoms with Gasteiger partial charge >= 0.3 is 10.1 Å². The molecule has 332 valence electrons. The first-order chi connectivity index (χ1) is 29.5. The maximum atomic E-state index is 14.3. The van der Waals surface area contributed by atoms with Gasteiger partial charge in [0, 0.05) is 36.8 Å². The quantitative estimate of drug-likeness (QED) is 0.167. The average molecular weight is 866 g/mol. The van der Waals surface area contributed by atoms with E-state index >= 15 is 0 Å². The van der Waals surface area contributed by atoms with E-state index in [1.807, 2.05) is 165 Å². The Labute approximate surface area is 377 Å². The lowest BCUT2D eigenvalue weighted by Crippen LogP contribution is -2.13. The van der Waals surface area contributed by atoms with Gasteiger partial charge in [-0.05, 0) is 82.6 Å². The highest BCUT2D eigenvalue weighted by atomic mass is 32.2. The predicted octanol–water partition coefficient (Wildman–Crippen LogP) is 13.9. The Morgan fingerprint density at radius 2 is 0.746 bits per heavy atom. The zero-order valence-electron chi connectivity index (χ0n) is 36.5. The van der Waals surface area contributed by atoms with Crippen molar-refractivity contribution in [2.45, 2.75) is 101 Å². The summed E-state index contributed by atoms with van der Waals surface area (Å²) in [7, 11) is -4.30. The number of aromatic hydroxyl groups is 2. The van der Waals surface area contributed by atoms with Crippen molar-refractivity contribution >= 4 is 10.1 Å². The van der Waals surface area contributed by atoms with E-state index in [1.54, 1.807) is 18.2 Å². The number of rotatable bonds is 5. The lowest BCUT2D eigenvalue weighted by Gasteiger charge is -2.24. The van der Waals surface area contributed by atoms with Gasteiger partial charge in [-0.25, -0.2) is 0 Å². The van der Waals surface area contributed by atoms with E-state index in [1.165, 1.54) is 12.1 Å². The van der Waals surface area contributed by atoms with Crippen molar-refractivity contribution in [2.75, 3.05) is 0 Å². The van der Waals surface area contributed by atoms with Gasteiger partial charge in [-0.1, -0.05) is 194 Å². The summed E-state index contributed by atoms with van der Waals surface area (Å²) in [5, 5.41) is 38.3. The van der Waals surface area contributed by atoms with Crippen molar-refractivity contribution in [3.05, 3.63) is 195 Å². The van der Waals surface area contributed by atoms with Crippen molar-refractivity contribution in [3.63, 3.8) is 0 Å². The Kier molecular flexibility index (Phi) is 18.8. The summed E-state index contributed by atoms with van der Waals surface area (Å²) < 4.78 is 34.1. The van der Waals surface area contributed by atoms with E-state index in [0.717, 1.165) is 33.4 Å². The Bertz CT molecular complexity index is 2570. The topological polar surface area (TPSA) is 107 Å². The molecule has 0 aromatic heterocycles. The second-order valence-corrected chi connectivity index (χ2v) is 15.9. The molecular weight excluding hydrogens is 801 g/mol. The summed E-state index contributed by atoms with van der Waals surface area (Å²) in [4.78, 5) is 0.00647. The first kappa shape index (κ1) is 51.0. The number of benzene rings is 7. The molecule has 0 saturated carbocycles. The van der Waals surface area contributed by atoms with Gasteiger partial charge in [0.1, 0.15) is 22.1 Å². The summed E-state index contributed by atoms with van der Waals surface area (Å²) in [5.74, 6) is 0.0628. The predicted molar refractivity (Wildman–Crippen MR) is 262 cm³/mol. The molecule has 8 rings (SSSR count). The second-order valence-electron chi connectivity index (χ2n) is 14.4. The van der Waals surface area contributed by atoms with E-state index in [2.05, 4.69) is 0 Å². The highest BCUT2D eigenvalue weighted by Crippen LogP contribution is 2.42. The summed E-state index contributed by atoms with van der Waals surface area (Å²) in [6.07, 6.45) is 0.578. The largest absolute Gasteiger partial charge is 0.872 e. The molecule has 0 fully saturated rings. The Hall–Kier alpha value is -6.31. The number of phenolic OH excluding ortho intramolecular Hbond substituents is 2. The van der Waals surface area contributed by atoms with Crippen LogP contribution in [-0.4, -0.2) is 18.6 Å². The minimum Gasteiger partial charge on any atom is -0.872 e. The number of hydrogen-bond donors (Lipinski definition) is 2. The van der Waals surface area contributed by atoms with Crippen molar-refractivity contribution in [1.82, 2.24) is 0 Å². The minimum absolute atomic E-state index is 0. The Balaban J connectivity index is 0.00000127. The zero-order chi connectivity index (χ0) is 44.3. The molecule has 7 aromatic rings. The smallest absolute Gasteiger partial charge is 0.339 e. The SMILES string of the molecule is C.C.CC.CC.CC.Cc1cc2c(O)c(c1)Cc1cc(-c3ccccc3)cc(c1OS(=O)(=O)c1ccccc1)Cc1cc(C)cc(c1O)Cc1cc(-c3ccccc3)cc(c1[O-])C2. The van der Waals surface area contributed by atoms with Crippen LogP contribution in [0.2, 0.25) is 0 Å². The first-order valence-electron chi connectivity index (χ1n) is 21.2. The second kappa shape index (κ2) is 23.2. The zero-order valence-corrected chi connectivity index (χ0v) is 37.4. The lowest BCUT2D eigenvalue weighted by molar-refractivity contribution is -0.270. The molecule has 0 saturated heterocycles. The van der Waals surface area contributed by atoms with E-state index in [-0.39, 0.29) is 68.4 Å². The van der Waals surface area contributed by atoms with Gasteiger partial charge in [-0.2, -0.15) is 8.42 Å². The molecule has 2 N–H and O–H groups in total. The first-order valence-corrected chi connectivity index (χ1v) is 22.6. The van der Waals surface area contributed by atoms with Crippen molar-refractivity contribution in [2.24, 2.45) is 0 Å². The van der Waals surface area contributed by atoms with Crippen LogP contribution in [0.4, 0.5) is 0 Å². The number of phenols is 2. The van der Waals surface area contributed by atoms with Gasteiger partial charge < -0.3 is 19.5 Å². The molecule has 0 heterocycles. The molecule has 7 heteroatoms. The number of aryl methyl sites for hydroxylation is 2. The van der Waals surface area contributed by atoms with Crippen LogP contribution in [0, 0.1) is 13.8 Å². The van der Waals surface area contributed by atoms with Crippen LogP contribution >= 0.6 is 0 Å². The molecular formula is C56H65O6S-. The Morgan fingerprint density at radius 3 is 1.10 bits per heavy atom. The fourth-order valence-corrected chi connectivity index (χ4v) is 8.73. The molecule has 0 spiro atoms. The van der Waals surface area contributed by atoms with E-state index in [4.69, 9.17) is 4.18 Å². The molecule has 0 unspecified atom stereocenters. The summed E-state index contributed by atoms with van der Waals surface area (Å²) in [6, 6.07) is 42.8. The average Bonchev–Trinajstić information content (AvgIpc) is 3.29. The molecule has 8 bridgehead atoms. The van der Waals surface area contributed by atoms with Crippen LogP contribution in [-0.2, 0) is 35.8 Å². The van der Waals surface area contributed by atoms with Crippen LogP contribution in [0.3, 0.4) is 0 Å². The van der Waals surface area contributed by atoms with Gasteiger partial charge in [-0.3, -0.25) is 0 Å². The molecule has 63 heavy (non-hydrogen) atoms. The fourth-order valence-electron chi connectivity index (χ4n) is 7.71. The molecule has 0 amide bonds. The summed E-state index contributed by atoms with van der Waals surface area (Å²) in [6.45, 7) is 15.9. The van der Waals surface area contributed by atoms with Crippen LogP contribution in [0.1, 0.15) is 112 Å². The van der Waals surface area contributed by atoms with Crippen molar-refractivity contribution in [1.29, 1.82) is 0 Å². The maximum absolute atomic E-state index is 14.3. The molecule has 1 aliphatic carbocycles. The molecule has 6 nitrogen and oxygen atoms in total. The van der Waals surface area contributed by atoms with Gasteiger partial charge in [0.25, 0.3) is 0 Å². The molecule has 1 aliphatic rings. The normalized spacial score (nSPS) is 11.3. The number of hydrogen-bond acceptors (Lipinski definition) is 6. The molecule has 7 aromatic carbocycles. The third-order valence-corrected chi connectivity index (χ3v) is 11.5. The third-order valence-electron chi connectivity index (χ3n) is 10.3. The van der Waals surface area contributed by atoms with Crippen molar-refractivity contribution < 1.29 is 27.9 Å². The minimum atomic E-state index is -4.30. The molecule has 0 radical (unpaired) electrons. The van der Waals surface area contributed by atoms with Gasteiger partial charge in [-0.15, -0.1) is 5.75 Å². The monoisotopic (exact) mass is 865 g/mol. The standard InChI is InChI=1S/C48H40O6S.3C2H6.2CH4/c1-30-18-36-26-40-22-34(32-12-6-3-7-13-32)23-41(47(40)51)27-37-19-31(2)21-39(46(37)50)29-43-25-35(33-14-8-4-9-15-33)24-42(28-38(20-30)45(36)49)48(43)54-55(52,53)44-16-10-5-11-17-44;3*1-2;;/h3-25,49-51H,26-29H2,1-2H3;3*1-2H3;2*1H4/p-1. The van der Waals surface area contributed by atoms with Crippen LogP contribution < -0.4 is 9.29 Å². The Morgan fingerprint density at radius 1 is 0.444 bits per heavy atom. The third kappa shape index (κ3) is 11.8. The highest BCUT2D eigenvalue weighted by Gasteiger charge is 2.25. The maximum Gasteiger partial charge on any atom is 0.339 e. The number of fused-ring (bicyclic) bond motifs is 8. The van der Waals surface area contributed by atoms with Crippen molar-refractivity contribution in [3.8, 4) is 45.3 Å². The molecule has 0 aliphatic heterocycles. The lowest BCUT2D eigenvalue weighted by atomic mass is 9.87. The molecule has 0 atom stereocenters.